The minimum atomic E-state index is -4.02. The zero-order valence-electron chi connectivity index (χ0n) is 20.7. The first kappa shape index (κ1) is 25.9. The predicted octanol–water partition coefficient (Wildman–Crippen LogP) is 3.34. The summed E-state index contributed by atoms with van der Waals surface area (Å²) in [6, 6.07) is 18.0. The minimum absolute atomic E-state index is 0.0939. The van der Waals surface area contributed by atoms with E-state index >= 15 is 0 Å². The molecule has 0 unspecified atom stereocenters. The Hall–Kier alpha value is -3.21. The van der Waals surface area contributed by atoms with Crippen molar-refractivity contribution in [2.45, 2.75) is 30.1 Å². The lowest BCUT2D eigenvalue weighted by Gasteiger charge is -2.27. The Bertz CT molecular complexity index is 1520. The molecule has 1 amide bonds. The van der Waals surface area contributed by atoms with Gasteiger partial charge in [0.15, 0.2) is 0 Å². The van der Waals surface area contributed by atoms with Crippen LogP contribution in [0.15, 0.2) is 76.5 Å². The van der Waals surface area contributed by atoms with Gasteiger partial charge in [-0.1, -0.05) is 24.3 Å². The number of aryl methyl sites for hydroxylation is 2. The number of nitrogens with zero attached hydrogens (tertiary/aromatic N) is 3. The van der Waals surface area contributed by atoms with Crippen LogP contribution in [0.25, 0.3) is 0 Å². The highest BCUT2D eigenvalue weighted by atomic mass is 32.2. The second-order valence-corrected chi connectivity index (χ2v) is 13.0. The Morgan fingerprint density at radius 2 is 1.53 bits per heavy atom. The molecule has 3 aromatic rings. The van der Waals surface area contributed by atoms with Crippen molar-refractivity contribution in [3.8, 4) is 0 Å². The molecule has 1 aliphatic heterocycles. The first-order valence-corrected chi connectivity index (χ1v) is 14.3. The van der Waals surface area contributed by atoms with Gasteiger partial charge in [-0.15, -0.1) is 0 Å². The Labute approximate surface area is 212 Å². The summed E-state index contributed by atoms with van der Waals surface area (Å²) in [5, 5.41) is 0. The van der Waals surface area contributed by atoms with E-state index in [1.807, 2.05) is 19.9 Å². The standard InChI is InChI=1S/C26H29N3O5S2/c1-19-10-11-22(16-20(19)2)29(36(33,34)23-8-6-5-7-9-23)18-26(30)28-15-14-21-17-24(12-13-25(21)28)35(31,32)27(3)4/h5-13,16-17H,14-15,18H2,1-4H3. The molecule has 0 saturated heterocycles. The van der Waals surface area contributed by atoms with Crippen LogP contribution in [0, 0.1) is 13.8 Å². The maximum absolute atomic E-state index is 13.6. The highest BCUT2D eigenvalue weighted by Gasteiger charge is 2.32. The molecule has 1 heterocycles. The van der Waals surface area contributed by atoms with Gasteiger partial charge in [0.25, 0.3) is 10.0 Å². The molecule has 4 rings (SSSR count). The highest BCUT2D eigenvalue weighted by Crippen LogP contribution is 2.32. The van der Waals surface area contributed by atoms with Crippen LogP contribution in [-0.2, 0) is 31.3 Å². The van der Waals surface area contributed by atoms with Crippen LogP contribution in [0.5, 0.6) is 0 Å². The minimum Gasteiger partial charge on any atom is -0.310 e. The lowest BCUT2D eigenvalue weighted by Crippen LogP contribution is -2.42. The van der Waals surface area contributed by atoms with Crippen LogP contribution in [0.1, 0.15) is 16.7 Å². The number of amides is 1. The zero-order chi connectivity index (χ0) is 26.3. The van der Waals surface area contributed by atoms with Gasteiger partial charge in [-0.3, -0.25) is 9.10 Å². The molecular formula is C26H29N3O5S2. The predicted molar refractivity (Wildman–Crippen MR) is 140 cm³/mol. The number of sulfonamides is 2. The van der Waals surface area contributed by atoms with Crippen LogP contribution in [-0.4, -0.2) is 54.2 Å². The Morgan fingerprint density at radius 3 is 2.17 bits per heavy atom. The van der Waals surface area contributed by atoms with Crippen molar-refractivity contribution in [2.75, 3.05) is 36.4 Å². The summed E-state index contributed by atoms with van der Waals surface area (Å²) in [5.41, 5.74) is 3.65. The summed E-state index contributed by atoms with van der Waals surface area (Å²) in [4.78, 5) is 15.3. The quantitative estimate of drug-likeness (QED) is 0.470. The fraction of sp³-hybridized carbons (Fsp3) is 0.269. The van der Waals surface area contributed by atoms with Crippen molar-refractivity contribution in [1.29, 1.82) is 0 Å². The van der Waals surface area contributed by atoms with Gasteiger partial charge in [0.1, 0.15) is 6.54 Å². The summed E-state index contributed by atoms with van der Waals surface area (Å²) >= 11 is 0. The first-order valence-electron chi connectivity index (χ1n) is 11.4. The molecule has 8 nitrogen and oxygen atoms in total. The van der Waals surface area contributed by atoms with E-state index in [1.165, 1.54) is 37.2 Å². The molecule has 0 atom stereocenters. The average molecular weight is 528 g/mol. The molecule has 10 heteroatoms. The van der Waals surface area contributed by atoms with E-state index < -0.39 is 32.5 Å². The molecule has 190 valence electrons. The van der Waals surface area contributed by atoms with Crippen molar-refractivity contribution < 1.29 is 21.6 Å². The molecule has 0 saturated carbocycles. The molecule has 0 radical (unpaired) electrons. The summed E-state index contributed by atoms with van der Waals surface area (Å²) < 4.78 is 54.6. The van der Waals surface area contributed by atoms with Gasteiger partial charge in [-0.05, 0) is 79.4 Å². The van der Waals surface area contributed by atoms with Crippen LogP contribution in [0.3, 0.4) is 0 Å². The van der Waals surface area contributed by atoms with E-state index in [-0.39, 0.29) is 9.79 Å². The van der Waals surface area contributed by atoms with Crippen LogP contribution in [0.2, 0.25) is 0 Å². The molecule has 3 aromatic carbocycles. The van der Waals surface area contributed by atoms with Crippen LogP contribution in [0.4, 0.5) is 11.4 Å². The van der Waals surface area contributed by atoms with Gasteiger partial charge in [0.05, 0.1) is 15.5 Å². The number of hydrogen-bond acceptors (Lipinski definition) is 5. The fourth-order valence-electron chi connectivity index (χ4n) is 4.13. The monoisotopic (exact) mass is 527 g/mol. The number of rotatable bonds is 7. The van der Waals surface area contributed by atoms with E-state index in [0.29, 0.717) is 24.3 Å². The smallest absolute Gasteiger partial charge is 0.264 e. The Kier molecular flexibility index (Phi) is 6.96. The lowest BCUT2D eigenvalue weighted by molar-refractivity contribution is -0.117. The number of benzene rings is 3. The third kappa shape index (κ3) is 4.76. The second-order valence-electron chi connectivity index (χ2n) is 8.97. The SMILES string of the molecule is Cc1ccc(N(CC(=O)N2CCc3cc(S(=O)(=O)N(C)C)ccc32)S(=O)(=O)c2ccccc2)cc1C. The van der Waals surface area contributed by atoms with Crippen molar-refractivity contribution in [1.82, 2.24) is 4.31 Å². The van der Waals surface area contributed by atoms with E-state index in [2.05, 4.69) is 0 Å². The molecule has 0 aromatic heterocycles. The van der Waals surface area contributed by atoms with Gasteiger partial charge in [0.2, 0.25) is 15.9 Å². The van der Waals surface area contributed by atoms with E-state index in [9.17, 15) is 21.6 Å². The fourth-order valence-corrected chi connectivity index (χ4v) is 6.51. The van der Waals surface area contributed by atoms with Crippen molar-refractivity contribution in [3.63, 3.8) is 0 Å². The van der Waals surface area contributed by atoms with Gasteiger partial charge in [0, 0.05) is 26.3 Å². The maximum Gasteiger partial charge on any atom is 0.264 e. The highest BCUT2D eigenvalue weighted by molar-refractivity contribution is 7.92. The molecule has 0 spiro atoms. The average Bonchev–Trinajstić information content (AvgIpc) is 3.28. The first-order chi connectivity index (χ1) is 16.9. The summed E-state index contributed by atoms with van der Waals surface area (Å²) in [7, 11) is -4.70. The normalized spacial score (nSPS) is 13.6. The molecular weight excluding hydrogens is 498 g/mol. The number of anilines is 2. The molecule has 0 N–H and O–H groups in total. The maximum atomic E-state index is 13.6. The summed E-state index contributed by atoms with van der Waals surface area (Å²) in [6.45, 7) is 3.78. The number of carbonyl (C=O) groups excluding carboxylic acids is 1. The van der Waals surface area contributed by atoms with E-state index in [0.717, 1.165) is 25.3 Å². The second kappa shape index (κ2) is 9.68. The molecule has 0 bridgehead atoms. The zero-order valence-corrected chi connectivity index (χ0v) is 22.3. The van der Waals surface area contributed by atoms with Crippen molar-refractivity contribution in [3.05, 3.63) is 83.4 Å². The molecule has 0 fully saturated rings. The third-order valence-electron chi connectivity index (χ3n) is 6.41. The van der Waals surface area contributed by atoms with Crippen LogP contribution < -0.4 is 9.21 Å². The summed E-state index contributed by atoms with van der Waals surface area (Å²) in [5.74, 6) is -0.394. The molecule has 0 aliphatic carbocycles. The Morgan fingerprint density at radius 1 is 0.833 bits per heavy atom. The summed E-state index contributed by atoms with van der Waals surface area (Å²) in [6.07, 6.45) is 0.479. The third-order valence-corrected chi connectivity index (χ3v) is 10.0. The molecule has 36 heavy (non-hydrogen) atoms. The Balaban J connectivity index is 1.69. The van der Waals surface area contributed by atoms with Crippen molar-refractivity contribution >= 4 is 37.3 Å². The van der Waals surface area contributed by atoms with Crippen LogP contribution >= 0.6 is 0 Å². The van der Waals surface area contributed by atoms with Gasteiger partial charge in [-0.2, -0.15) is 0 Å². The largest absolute Gasteiger partial charge is 0.310 e. The van der Waals surface area contributed by atoms with E-state index in [4.69, 9.17) is 0 Å². The number of hydrogen-bond donors (Lipinski definition) is 0. The van der Waals surface area contributed by atoms with Gasteiger partial charge < -0.3 is 4.90 Å². The van der Waals surface area contributed by atoms with Gasteiger partial charge in [-0.25, -0.2) is 21.1 Å². The topological polar surface area (TPSA) is 95.1 Å². The lowest BCUT2D eigenvalue weighted by atomic mass is 10.1. The van der Waals surface area contributed by atoms with E-state index in [1.54, 1.807) is 42.5 Å². The number of carbonyl (C=O) groups is 1. The van der Waals surface area contributed by atoms with Gasteiger partial charge >= 0.3 is 0 Å². The number of fused-ring (bicyclic) bond motifs is 1. The molecule has 1 aliphatic rings. The van der Waals surface area contributed by atoms with Crippen molar-refractivity contribution in [2.24, 2.45) is 0 Å².